The van der Waals surface area contributed by atoms with Crippen LogP contribution in [0.2, 0.25) is 0 Å². The van der Waals surface area contributed by atoms with E-state index < -0.39 is 8.07 Å². The summed E-state index contributed by atoms with van der Waals surface area (Å²) in [4.78, 5) is 5.62. The van der Waals surface area contributed by atoms with Crippen LogP contribution in [0.4, 0.5) is 0 Å². The molecule has 0 N–H and O–H groups in total. The van der Waals surface area contributed by atoms with Crippen LogP contribution in [0, 0.1) is 0 Å². The topological polar surface area (TPSA) is 36.3 Å². The number of pyridine rings is 1. The molecular formula is C53H35BN2O2Si. The first kappa shape index (κ1) is 33.7. The third kappa shape index (κ3) is 5.06. The zero-order valence-electron chi connectivity index (χ0n) is 32.0. The van der Waals surface area contributed by atoms with Crippen LogP contribution in [0.1, 0.15) is 0 Å². The molecule has 0 fully saturated rings. The molecular weight excluding hydrogens is 735 g/mol. The molecule has 4 nitrogen and oxygen atoms in total. The smallest absolute Gasteiger partial charge is 0.283 e. The average molecular weight is 771 g/mol. The lowest BCUT2D eigenvalue weighted by atomic mass is 9.36. The Morgan fingerprint density at radius 1 is 0.424 bits per heavy atom. The highest BCUT2D eigenvalue weighted by Crippen LogP contribution is 2.38. The number of hydrogen-bond donors (Lipinski definition) is 0. The number of hydrogen-bond acceptors (Lipinski definition) is 3. The molecule has 0 aliphatic carbocycles. The lowest BCUT2D eigenvalue weighted by molar-refractivity contribution is 0.463. The third-order valence-electron chi connectivity index (χ3n) is 12.3. The van der Waals surface area contributed by atoms with Gasteiger partial charge < -0.3 is 14.0 Å². The van der Waals surface area contributed by atoms with Crippen LogP contribution in [-0.2, 0) is 0 Å². The van der Waals surface area contributed by atoms with Gasteiger partial charge >= 0.3 is 0 Å². The number of fused-ring (bicyclic) bond motifs is 7. The molecule has 0 unspecified atom stereocenters. The number of aromatic nitrogens is 2. The minimum atomic E-state index is -2.89. The maximum Gasteiger partial charge on any atom is 0.283 e. The summed E-state index contributed by atoms with van der Waals surface area (Å²) in [6.45, 7) is -0.139. The van der Waals surface area contributed by atoms with Crippen molar-refractivity contribution in [1.82, 2.24) is 9.55 Å². The van der Waals surface area contributed by atoms with Gasteiger partial charge in [0.25, 0.3) is 6.71 Å². The van der Waals surface area contributed by atoms with Crippen LogP contribution in [0.25, 0.3) is 38.8 Å². The second-order valence-corrected chi connectivity index (χ2v) is 19.2. The van der Waals surface area contributed by atoms with Gasteiger partial charge in [-0.3, -0.25) is 4.98 Å². The Labute approximate surface area is 343 Å². The largest absolute Gasteiger partial charge is 0.458 e. The van der Waals surface area contributed by atoms with Gasteiger partial charge in [0, 0.05) is 21.8 Å². The van der Waals surface area contributed by atoms with Gasteiger partial charge in [0.05, 0.1) is 28.0 Å². The highest BCUT2D eigenvalue weighted by molar-refractivity contribution is 7.20. The second-order valence-electron chi connectivity index (χ2n) is 15.4. The number of nitrogens with zero attached hydrogens (tertiary/aromatic N) is 2. The van der Waals surface area contributed by atoms with Gasteiger partial charge in [0.1, 0.15) is 23.0 Å². The highest BCUT2D eigenvalue weighted by atomic mass is 28.3. The molecule has 0 saturated carbocycles. The van der Waals surface area contributed by atoms with Crippen molar-refractivity contribution < 1.29 is 9.47 Å². The molecule has 0 bridgehead atoms. The molecule has 0 radical (unpaired) electrons. The van der Waals surface area contributed by atoms with Crippen molar-refractivity contribution in [2.75, 3.05) is 0 Å². The van der Waals surface area contributed by atoms with Crippen LogP contribution in [0.3, 0.4) is 0 Å². The van der Waals surface area contributed by atoms with Crippen LogP contribution in [-0.4, -0.2) is 24.3 Å². The number of ether oxygens (including phenoxy) is 2. The predicted molar refractivity (Wildman–Crippen MR) is 245 cm³/mol. The maximum atomic E-state index is 6.62. The van der Waals surface area contributed by atoms with E-state index in [9.17, 15) is 0 Å². The number of rotatable bonds is 6. The van der Waals surface area contributed by atoms with Crippen molar-refractivity contribution in [1.29, 1.82) is 0 Å². The van der Waals surface area contributed by atoms with E-state index in [0.29, 0.717) is 0 Å². The Bertz CT molecular complexity index is 3080. The summed E-state index contributed by atoms with van der Waals surface area (Å²) in [5, 5.41) is 7.71. The molecule has 6 heteroatoms. The van der Waals surface area contributed by atoms with Crippen LogP contribution in [0.5, 0.6) is 23.0 Å². The van der Waals surface area contributed by atoms with Gasteiger partial charge in [0.15, 0.2) is 8.07 Å². The summed E-state index contributed by atoms with van der Waals surface area (Å²) in [5.74, 6) is 3.23. The molecule has 12 rings (SSSR count). The van der Waals surface area contributed by atoms with Crippen LogP contribution < -0.4 is 46.7 Å². The Hall–Kier alpha value is -7.41. The van der Waals surface area contributed by atoms with Gasteiger partial charge in [-0.05, 0) is 74.7 Å². The summed E-state index contributed by atoms with van der Waals surface area (Å²) in [6.07, 6.45) is 0. The Morgan fingerprint density at radius 2 is 0.949 bits per heavy atom. The molecule has 2 aromatic heterocycles. The fourth-order valence-electron chi connectivity index (χ4n) is 9.79. The summed E-state index contributed by atoms with van der Waals surface area (Å²) in [6, 6.07) is 76.7. The molecule has 2 aliphatic heterocycles. The van der Waals surface area contributed by atoms with Gasteiger partial charge in [-0.25, -0.2) is 0 Å². The Balaban J connectivity index is 1.17. The normalized spacial score (nSPS) is 12.6. The molecule has 2 aliphatic rings. The first-order valence-corrected chi connectivity index (χ1v) is 22.2. The second kappa shape index (κ2) is 13.3. The van der Waals surface area contributed by atoms with Crippen molar-refractivity contribution in [3.8, 4) is 39.9 Å². The van der Waals surface area contributed by atoms with Crippen LogP contribution >= 0.6 is 0 Å². The van der Waals surface area contributed by atoms with Crippen molar-refractivity contribution in [3.05, 3.63) is 212 Å². The minimum absolute atomic E-state index is 0.139. The van der Waals surface area contributed by atoms with E-state index >= 15 is 0 Å². The van der Waals surface area contributed by atoms with E-state index in [4.69, 9.17) is 14.5 Å². The molecule has 8 aromatic carbocycles. The summed E-state index contributed by atoms with van der Waals surface area (Å²) >= 11 is 0. The molecule has 276 valence electrons. The lowest BCUT2D eigenvalue weighted by Crippen LogP contribution is -2.74. The van der Waals surface area contributed by atoms with E-state index in [0.717, 1.165) is 67.5 Å². The number of benzene rings is 8. The lowest BCUT2D eigenvalue weighted by Gasteiger charge is -2.35. The molecule has 0 atom stereocenters. The fourth-order valence-corrected chi connectivity index (χ4v) is 14.6. The monoisotopic (exact) mass is 770 g/mol. The van der Waals surface area contributed by atoms with Crippen molar-refractivity contribution >= 4 is 73.9 Å². The van der Waals surface area contributed by atoms with Crippen molar-refractivity contribution in [2.45, 2.75) is 0 Å². The Kier molecular flexibility index (Phi) is 7.62. The standard InChI is InChI=1S/C53H35BN2O2Si/c1-4-17-36(18-5-1)59(37-19-6-2-7-20-37,38-21-8-3-9-22-38)39-31-32-42(47(35-39)56-45-26-13-10-23-40(45)41-24-11-14-27-46(41)56)44-33-34-51-53(55-44)54-43-25-12-15-28-48(43)57-49-29-16-30-50(58-51)52(49)54/h1-35H. The number of para-hydroxylation sites is 3. The minimum Gasteiger partial charge on any atom is -0.458 e. The first-order valence-electron chi connectivity index (χ1n) is 20.2. The zero-order chi connectivity index (χ0) is 38.9. The maximum absolute atomic E-state index is 6.62. The van der Waals surface area contributed by atoms with Crippen molar-refractivity contribution in [2.24, 2.45) is 0 Å². The molecule has 10 aromatic rings. The van der Waals surface area contributed by atoms with Gasteiger partial charge in [-0.1, -0.05) is 164 Å². The first-order chi connectivity index (χ1) is 29.3. The predicted octanol–water partition coefficient (Wildman–Crippen LogP) is 7.95. The molecule has 0 amide bonds. The van der Waals surface area contributed by atoms with Crippen LogP contribution in [0.15, 0.2) is 212 Å². The van der Waals surface area contributed by atoms with E-state index in [2.05, 4.69) is 187 Å². The third-order valence-corrected chi connectivity index (χ3v) is 17.1. The van der Waals surface area contributed by atoms with Gasteiger partial charge in [-0.15, -0.1) is 0 Å². The molecule has 4 heterocycles. The van der Waals surface area contributed by atoms with Gasteiger partial charge in [-0.2, -0.15) is 0 Å². The SMILES string of the molecule is c1ccc([Si](c2ccccc2)(c2ccccc2)c2ccc(-c3ccc4c(n3)B3c5ccccc5Oc5cccc(c53)O4)c(-n3c4ccccc4c4ccccc43)c2)cc1. The summed E-state index contributed by atoms with van der Waals surface area (Å²) in [7, 11) is -2.89. The van der Waals surface area contributed by atoms with E-state index in [-0.39, 0.29) is 6.71 Å². The van der Waals surface area contributed by atoms with E-state index in [1.54, 1.807) is 0 Å². The van der Waals surface area contributed by atoms with Crippen molar-refractivity contribution in [3.63, 3.8) is 0 Å². The quantitative estimate of drug-likeness (QED) is 0.127. The van der Waals surface area contributed by atoms with Gasteiger partial charge in [0.2, 0.25) is 0 Å². The Morgan fingerprint density at radius 3 is 1.58 bits per heavy atom. The van der Waals surface area contributed by atoms with E-state index in [1.807, 2.05) is 30.3 Å². The fraction of sp³-hybridized carbons (Fsp3) is 0. The summed E-state index contributed by atoms with van der Waals surface area (Å²) < 4.78 is 15.5. The molecule has 0 saturated heterocycles. The highest BCUT2D eigenvalue weighted by Gasteiger charge is 2.43. The summed E-state index contributed by atoms with van der Waals surface area (Å²) in [5.41, 5.74) is 8.30. The van der Waals surface area contributed by atoms with E-state index in [1.165, 1.54) is 31.5 Å². The average Bonchev–Trinajstić information content (AvgIpc) is 3.64. The molecule has 59 heavy (non-hydrogen) atoms. The molecule has 0 spiro atoms. The zero-order valence-corrected chi connectivity index (χ0v) is 33.0.